The van der Waals surface area contributed by atoms with Crippen LogP contribution in [0.3, 0.4) is 0 Å². The number of nitrogens with zero attached hydrogens (tertiary/aromatic N) is 3. The van der Waals surface area contributed by atoms with Crippen molar-refractivity contribution >= 4 is 0 Å². The average molecular weight is 258 g/mol. The van der Waals surface area contributed by atoms with E-state index in [4.69, 9.17) is 10.5 Å². The molecule has 5 heteroatoms. The van der Waals surface area contributed by atoms with Crippen molar-refractivity contribution in [2.24, 2.45) is 5.73 Å². The fourth-order valence-corrected chi connectivity index (χ4v) is 2.48. The summed E-state index contributed by atoms with van der Waals surface area (Å²) in [5.41, 5.74) is 5.99. The third-order valence-corrected chi connectivity index (χ3v) is 3.36. The molecule has 2 unspecified atom stereocenters. The summed E-state index contributed by atoms with van der Waals surface area (Å²) in [4.78, 5) is 4.55. The molecule has 1 aliphatic rings. The minimum absolute atomic E-state index is 0.173. The lowest BCUT2D eigenvalue weighted by Gasteiger charge is -2.23. The highest BCUT2D eigenvalue weighted by molar-refractivity contribution is 5.21. The van der Waals surface area contributed by atoms with Crippen LogP contribution in [0.2, 0.25) is 0 Å². The first-order valence-electron chi connectivity index (χ1n) is 6.59. The number of para-hydroxylation sites is 1. The van der Waals surface area contributed by atoms with E-state index in [0.29, 0.717) is 12.5 Å². The van der Waals surface area contributed by atoms with Gasteiger partial charge in [0.25, 0.3) is 0 Å². The first-order valence-corrected chi connectivity index (χ1v) is 6.59. The first-order chi connectivity index (χ1) is 9.22. The van der Waals surface area contributed by atoms with Gasteiger partial charge in [-0.3, -0.25) is 0 Å². The molecule has 0 fully saturated rings. The number of fused-ring (bicyclic) bond motifs is 1. The van der Waals surface area contributed by atoms with Crippen molar-refractivity contribution in [2.45, 2.75) is 38.5 Å². The second-order valence-corrected chi connectivity index (χ2v) is 5.07. The molecule has 3 rings (SSSR count). The molecule has 0 spiro atoms. The van der Waals surface area contributed by atoms with Crippen LogP contribution in [0.1, 0.15) is 30.9 Å². The minimum Gasteiger partial charge on any atom is -0.486 e. The monoisotopic (exact) mass is 258 g/mol. The number of rotatable bonds is 3. The van der Waals surface area contributed by atoms with E-state index in [1.807, 2.05) is 35.0 Å². The van der Waals surface area contributed by atoms with Crippen LogP contribution in [0.15, 0.2) is 30.3 Å². The molecule has 2 N–H and O–H groups in total. The third kappa shape index (κ3) is 2.61. The molecule has 0 saturated heterocycles. The molecular weight excluding hydrogens is 240 g/mol. The number of nitrogens with two attached hydrogens (primary N) is 1. The Kier molecular flexibility index (Phi) is 3.21. The molecule has 0 saturated carbocycles. The quantitative estimate of drug-likeness (QED) is 0.909. The van der Waals surface area contributed by atoms with Crippen LogP contribution >= 0.6 is 0 Å². The smallest absolute Gasteiger partial charge is 0.188 e. The third-order valence-electron chi connectivity index (χ3n) is 3.36. The predicted molar refractivity (Wildman–Crippen MR) is 71.8 cm³/mol. The van der Waals surface area contributed by atoms with Crippen molar-refractivity contribution in [3.63, 3.8) is 0 Å². The lowest BCUT2D eigenvalue weighted by molar-refractivity contribution is 0.294. The minimum atomic E-state index is 0.173. The summed E-state index contributed by atoms with van der Waals surface area (Å²) in [6.07, 6.45) is 0.970. The van der Waals surface area contributed by atoms with Crippen LogP contribution < -0.4 is 10.5 Å². The van der Waals surface area contributed by atoms with Gasteiger partial charge >= 0.3 is 0 Å². The Balaban J connectivity index is 1.71. The molecule has 0 radical (unpaired) electrons. The molecule has 19 heavy (non-hydrogen) atoms. The standard InChI is InChI=1S/C14H18N4O/c1-10-7-11(15)8-18-14(10)16-13(17-18)9-19-12-5-3-2-4-6-12/h2-6,10-11H,7-9,15H2,1H3. The Morgan fingerprint density at radius 1 is 1.37 bits per heavy atom. The van der Waals surface area contributed by atoms with Gasteiger partial charge in [-0.05, 0) is 18.6 Å². The highest BCUT2D eigenvalue weighted by Crippen LogP contribution is 2.24. The zero-order valence-corrected chi connectivity index (χ0v) is 11.0. The van der Waals surface area contributed by atoms with Crippen molar-refractivity contribution in [3.8, 4) is 5.75 Å². The summed E-state index contributed by atoms with van der Waals surface area (Å²) in [6.45, 7) is 3.28. The van der Waals surface area contributed by atoms with Gasteiger partial charge < -0.3 is 10.5 Å². The zero-order chi connectivity index (χ0) is 13.2. The van der Waals surface area contributed by atoms with Crippen LogP contribution in [-0.2, 0) is 13.2 Å². The SMILES string of the molecule is CC1CC(N)Cn2nc(COc3ccccc3)nc21. The highest BCUT2D eigenvalue weighted by atomic mass is 16.5. The highest BCUT2D eigenvalue weighted by Gasteiger charge is 2.25. The average Bonchev–Trinajstić information content (AvgIpc) is 2.81. The Hall–Kier alpha value is -1.88. The lowest BCUT2D eigenvalue weighted by atomic mass is 9.98. The number of hydrogen-bond donors (Lipinski definition) is 1. The molecule has 0 amide bonds. The molecule has 0 aliphatic carbocycles. The Morgan fingerprint density at radius 3 is 2.95 bits per heavy atom. The summed E-state index contributed by atoms with van der Waals surface area (Å²) < 4.78 is 7.58. The fourth-order valence-electron chi connectivity index (χ4n) is 2.48. The van der Waals surface area contributed by atoms with Gasteiger partial charge in [0.2, 0.25) is 0 Å². The number of benzene rings is 1. The molecule has 2 heterocycles. The molecule has 0 bridgehead atoms. The van der Waals surface area contributed by atoms with Crippen LogP contribution in [0, 0.1) is 0 Å². The maximum atomic E-state index is 5.99. The van der Waals surface area contributed by atoms with E-state index in [0.717, 1.165) is 30.4 Å². The summed E-state index contributed by atoms with van der Waals surface area (Å²) in [6, 6.07) is 9.88. The molecule has 1 aromatic heterocycles. The Morgan fingerprint density at radius 2 is 2.16 bits per heavy atom. The van der Waals surface area contributed by atoms with Crippen LogP contribution in [-0.4, -0.2) is 20.8 Å². The largest absolute Gasteiger partial charge is 0.486 e. The van der Waals surface area contributed by atoms with Gasteiger partial charge in [0, 0.05) is 12.0 Å². The van der Waals surface area contributed by atoms with E-state index >= 15 is 0 Å². The van der Waals surface area contributed by atoms with Crippen molar-refractivity contribution in [1.82, 2.24) is 14.8 Å². The van der Waals surface area contributed by atoms with E-state index in [1.54, 1.807) is 0 Å². The van der Waals surface area contributed by atoms with Crippen LogP contribution in [0.5, 0.6) is 5.75 Å². The molecule has 2 aromatic rings. The van der Waals surface area contributed by atoms with Gasteiger partial charge in [-0.15, -0.1) is 0 Å². The fraction of sp³-hybridized carbons (Fsp3) is 0.429. The van der Waals surface area contributed by atoms with E-state index < -0.39 is 0 Å². The predicted octanol–water partition coefficient (Wildman–Crippen LogP) is 1.69. The Bertz CT molecular complexity index is 552. The summed E-state index contributed by atoms with van der Waals surface area (Å²) in [5, 5.41) is 4.47. The van der Waals surface area contributed by atoms with E-state index in [9.17, 15) is 0 Å². The molecule has 1 aliphatic heterocycles. The first kappa shape index (κ1) is 12.2. The van der Waals surface area contributed by atoms with Gasteiger partial charge in [-0.2, -0.15) is 5.10 Å². The summed E-state index contributed by atoms with van der Waals surface area (Å²) in [7, 11) is 0. The maximum Gasteiger partial charge on any atom is 0.188 e. The van der Waals surface area contributed by atoms with E-state index in [-0.39, 0.29) is 6.04 Å². The number of aromatic nitrogens is 3. The normalized spacial score (nSPS) is 22.0. The van der Waals surface area contributed by atoms with Crippen LogP contribution in [0.25, 0.3) is 0 Å². The zero-order valence-electron chi connectivity index (χ0n) is 11.0. The van der Waals surface area contributed by atoms with Crippen molar-refractivity contribution < 1.29 is 4.74 Å². The van der Waals surface area contributed by atoms with E-state index in [1.165, 1.54) is 0 Å². The summed E-state index contributed by atoms with van der Waals surface area (Å²) in [5.74, 6) is 2.94. The second kappa shape index (κ2) is 5.01. The molecule has 5 nitrogen and oxygen atoms in total. The van der Waals surface area contributed by atoms with Gasteiger partial charge in [0.1, 0.15) is 18.2 Å². The van der Waals surface area contributed by atoms with Gasteiger partial charge in [-0.25, -0.2) is 9.67 Å². The van der Waals surface area contributed by atoms with Gasteiger partial charge in [0.05, 0.1) is 6.54 Å². The Labute approximate surface area is 112 Å². The van der Waals surface area contributed by atoms with Crippen LogP contribution in [0.4, 0.5) is 0 Å². The van der Waals surface area contributed by atoms with Crippen molar-refractivity contribution in [3.05, 3.63) is 42.0 Å². The van der Waals surface area contributed by atoms with Gasteiger partial charge in [-0.1, -0.05) is 25.1 Å². The van der Waals surface area contributed by atoms with Gasteiger partial charge in [0.15, 0.2) is 5.82 Å². The lowest BCUT2D eigenvalue weighted by Crippen LogP contribution is -2.34. The molecular formula is C14H18N4O. The topological polar surface area (TPSA) is 66.0 Å². The number of ether oxygens (including phenoxy) is 1. The van der Waals surface area contributed by atoms with Crippen molar-refractivity contribution in [2.75, 3.05) is 0 Å². The molecule has 2 atom stereocenters. The van der Waals surface area contributed by atoms with Crippen molar-refractivity contribution in [1.29, 1.82) is 0 Å². The molecule has 1 aromatic carbocycles. The van der Waals surface area contributed by atoms with E-state index in [2.05, 4.69) is 17.0 Å². The summed E-state index contributed by atoms with van der Waals surface area (Å²) >= 11 is 0. The number of hydrogen-bond acceptors (Lipinski definition) is 4. The molecule has 100 valence electrons. The second-order valence-electron chi connectivity index (χ2n) is 5.07. The maximum absolute atomic E-state index is 5.99.